The van der Waals surface area contributed by atoms with E-state index in [2.05, 4.69) is 46.5 Å². The Morgan fingerprint density at radius 2 is 1.95 bits per heavy atom. The van der Waals surface area contributed by atoms with E-state index in [9.17, 15) is 0 Å². The Morgan fingerprint density at radius 1 is 1.10 bits per heavy atom. The maximum Gasteiger partial charge on any atom is 0.185 e. The van der Waals surface area contributed by atoms with Crippen molar-refractivity contribution in [3.05, 3.63) is 47.7 Å². The van der Waals surface area contributed by atoms with E-state index in [1.807, 2.05) is 6.07 Å². The van der Waals surface area contributed by atoms with Gasteiger partial charge in [-0.25, -0.2) is 0 Å². The smallest absolute Gasteiger partial charge is 0.185 e. The van der Waals surface area contributed by atoms with E-state index in [-0.39, 0.29) is 0 Å². The average Bonchev–Trinajstić information content (AvgIpc) is 2.75. The average molecular weight is 289 g/mol. The molecule has 0 fully saturated rings. The molecular weight excluding hydrogens is 266 g/mol. The minimum absolute atomic E-state index is 0.658. The molecule has 0 saturated carbocycles. The van der Waals surface area contributed by atoms with E-state index in [1.165, 1.54) is 30.5 Å². The molecule has 0 spiro atoms. The van der Waals surface area contributed by atoms with Gasteiger partial charge in [0.05, 0.1) is 0 Å². The monoisotopic (exact) mass is 289 g/mol. The minimum atomic E-state index is 0.658. The molecular formula is C16H23N3S. The highest BCUT2D eigenvalue weighted by Gasteiger charge is 2.02. The molecule has 0 saturated heterocycles. The van der Waals surface area contributed by atoms with Crippen LogP contribution in [0.4, 0.5) is 0 Å². The number of benzene rings is 1. The van der Waals surface area contributed by atoms with Crippen LogP contribution in [-0.2, 0) is 6.42 Å². The number of hydrazine groups is 1. The van der Waals surface area contributed by atoms with E-state index >= 15 is 0 Å². The molecule has 0 radical (unpaired) electrons. The molecule has 3 nitrogen and oxygen atoms in total. The lowest BCUT2D eigenvalue weighted by Crippen LogP contribution is -2.44. The molecule has 0 amide bonds. The van der Waals surface area contributed by atoms with Crippen LogP contribution in [0.15, 0.2) is 42.1 Å². The Labute approximate surface area is 126 Å². The van der Waals surface area contributed by atoms with Crippen LogP contribution in [0.25, 0.3) is 0 Å². The van der Waals surface area contributed by atoms with Crippen molar-refractivity contribution >= 4 is 17.3 Å². The number of rotatable bonds is 5. The van der Waals surface area contributed by atoms with Gasteiger partial charge in [-0.1, -0.05) is 42.8 Å². The van der Waals surface area contributed by atoms with Crippen LogP contribution >= 0.6 is 12.2 Å². The van der Waals surface area contributed by atoms with E-state index in [0.29, 0.717) is 5.11 Å². The summed E-state index contributed by atoms with van der Waals surface area (Å²) in [5, 5.41) is 3.88. The second-order valence-electron chi connectivity index (χ2n) is 5.07. The summed E-state index contributed by atoms with van der Waals surface area (Å²) in [5.41, 5.74) is 8.87. The lowest BCUT2D eigenvalue weighted by Gasteiger charge is -2.14. The lowest BCUT2D eigenvalue weighted by atomic mass is 10.1. The van der Waals surface area contributed by atoms with Crippen molar-refractivity contribution in [2.24, 2.45) is 0 Å². The zero-order chi connectivity index (χ0) is 14.0. The molecule has 0 bridgehead atoms. The first-order valence-electron chi connectivity index (χ1n) is 7.37. The van der Waals surface area contributed by atoms with E-state index in [4.69, 9.17) is 12.2 Å². The normalized spacial score (nSPS) is 14.9. The van der Waals surface area contributed by atoms with Gasteiger partial charge in [-0.2, -0.15) is 0 Å². The maximum absolute atomic E-state index is 5.26. The summed E-state index contributed by atoms with van der Waals surface area (Å²) in [6, 6.07) is 10.4. The van der Waals surface area contributed by atoms with Crippen LogP contribution < -0.4 is 16.2 Å². The van der Waals surface area contributed by atoms with Crippen molar-refractivity contribution in [3.8, 4) is 0 Å². The molecule has 1 aromatic rings. The Hall–Kier alpha value is -1.55. The Morgan fingerprint density at radius 3 is 2.80 bits per heavy atom. The second-order valence-corrected chi connectivity index (χ2v) is 5.48. The molecule has 4 heteroatoms. The van der Waals surface area contributed by atoms with Crippen LogP contribution in [0.3, 0.4) is 0 Å². The first-order chi connectivity index (χ1) is 9.84. The van der Waals surface area contributed by atoms with E-state index in [0.717, 1.165) is 25.8 Å². The van der Waals surface area contributed by atoms with Gasteiger partial charge in [0.2, 0.25) is 0 Å². The number of hydrogen-bond acceptors (Lipinski definition) is 2. The van der Waals surface area contributed by atoms with Crippen molar-refractivity contribution in [1.29, 1.82) is 0 Å². The number of nitrogens with one attached hydrogen (secondary N) is 3. The van der Waals surface area contributed by atoms with Crippen LogP contribution in [0, 0.1) is 0 Å². The third-order valence-corrected chi connectivity index (χ3v) is 3.67. The molecule has 3 N–H and O–H groups in total. The number of thiocarbonyl (C=S) groups is 1. The highest BCUT2D eigenvalue weighted by molar-refractivity contribution is 7.80. The van der Waals surface area contributed by atoms with Gasteiger partial charge in [0, 0.05) is 12.2 Å². The summed E-state index contributed by atoms with van der Waals surface area (Å²) >= 11 is 5.26. The molecule has 108 valence electrons. The molecule has 0 aromatic heterocycles. The summed E-state index contributed by atoms with van der Waals surface area (Å²) in [7, 11) is 0. The van der Waals surface area contributed by atoms with Gasteiger partial charge < -0.3 is 10.7 Å². The fraction of sp³-hybridized carbons (Fsp3) is 0.438. The fourth-order valence-corrected chi connectivity index (χ4v) is 2.43. The van der Waals surface area contributed by atoms with Gasteiger partial charge in [-0.3, -0.25) is 5.43 Å². The maximum atomic E-state index is 5.26. The van der Waals surface area contributed by atoms with Crippen molar-refractivity contribution in [2.75, 3.05) is 6.54 Å². The molecule has 1 aliphatic rings. The summed E-state index contributed by atoms with van der Waals surface area (Å²) in [6.07, 6.45) is 9.40. The summed E-state index contributed by atoms with van der Waals surface area (Å²) < 4.78 is 0. The number of hydrogen-bond donors (Lipinski definition) is 3. The Balaban J connectivity index is 1.61. The van der Waals surface area contributed by atoms with Crippen molar-refractivity contribution in [1.82, 2.24) is 16.2 Å². The predicted molar refractivity (Wildman–Crippen MR) is 88.2 cm³/mol. The zero-order valence-corrected chi connectivity index (χ0v) is 12.6. The molecule has 1 aromatic carbocycles. The van der Waals surface area contributed by atoms with Crippen LogP contribution in [0.2, 0.25) is 0 Å². The predicted octanol–water partition coefficient (Wildman–Crippen LogP) is 3.05. The SMILES string of the molecule is S=C(NCCc1ccccc1)NNC1=CCCCCC1. The fourth-order valence-electron chi connectivity index (χ4n) is 2.27. The third kappa shape index (κ3) is 5.61. The van der Waals surface area contributed by atoms with Crippen LogP contribution in [-0.4, -0.2) is 11.7 Å². The van der Waals surface area contributed by atoms with Gasteiger partial charge in [0.1, 0.15) is 0 Å². The zero-order valence-electron chi connectivity index (χ0n) is 11.8. The van der Waals surface area contributed by atoms with E-state index < -0.39 is 0 Å². The van der Waals surface area contributed by atoms with Crippen molar-refractivity contribution in [2.45, 2.75) is 38.5 Å². The molecule has 0 atom stereocenters. The van der Waals surface area contributed by atoms with Gasteiger partial charge in [0.25, 0.3) is 0 Å². The van der Waals surface area contributed by atoms with Crippen molar-refractivity contribution in [3.63, 3.8) is 0 Å². The Bertz CT molecular complexity index is 442. The van der Waals surface area contributed by atoms with Crippen LogP contribution in [0.1, 0.15) is 37.7 Å². The van der Waals surface area contributed by atoms with Gasteiger partial charge in [0.15, 0.2) is 5.11 Å². The molecule has 2 rings (SSSR count). The van der Waals surface area contributed by atoms with Gasteiger partial charge >= 0.3 is 0 Å². The highest BCUT2D eigenvalue weighted by Crippen LogP contribution is 2.14. The molecule has 20 heavy (non-hydrogen) atoms. The summed E-state index contributed by atoms with van der Waals surface area (Å²) in [5.74, 6) is 0. The van der Waals surface area contributed by atoms with Gasteiger partial charge in [-0.15, -0.1) is 0 Å². The third-order valence-electron chi connectivity index (χ3n) is 3.42. The molecule has 0 heterocycles. The first-order valence-corrected chi connectivity index (χ1v) is 7.78. The molecule has 1 aliphatic carbocycles. The minimum Gasteiger partial charge on any atom is -0.361 e. The second kappa shape index (κ2) is 8.59. The Kier molecular flexibility index (Phi) is 6.38. The lowest BCUT2D eigenvalue weighted by molar-refractivity contribution is 0.661. The van der Waals surface area contributed by atoms with E-state index in [1.54, 1.807) is 0 Å². The largest absolute Gasteiger partial charge is 0.361 e. The number of allylic oxidation sites excluding steroid dienone is 2. The quantitative estimate of drug-likeness (QED) is 0.575. The molecule has 0 unspecified atom stereocenters. The summed E-state index contributed by atoms with van der Waals surface area (Å²) in [4.78, 5) is 0. The standard InChI is InChI=1S/C16H23N3S/c20-16(17-13-12-14-8-4-3-5-9-14)19-18-15-10-6-1-2-7-11-15/h3-5,8-10,18H,1-2,6-7,11-13H2,(H2,17,19,20). The topological polar surface area (TPSA) is 36.1 Å². The first kappa shape index (κ1) is 14.9. The molecule has 0 aliphatic heterocycles. The highest BCUT2D eigenvalue weighted by atomic mass is 32.1. The van der Waals surface area contributed by atoms with Crippen molar-refractivity contribution < 1.29 is 0 Å². The van der Waals surface area contributed by atoms with Crippen LogP contribution in [0.5, 0.6) is 0 Å². The summed E-state index contributed by atoms with van der Waals surface area (Å²) in [6.45, 7) is 0.844. The van der Waals surface area contributed by atoms with Gasteiger partial charge in [-0.05, 0) is 49.9 Å².